The van der Waals surface area contributed by atoms with E-state index < -0.39 is 23.5 Å². The topological polar surface area (TPSA) is 156 Å². The van der Waals surface area contributed by atoms with Crippen LogP contribution in [0, 0.1) is 12.7 Å². The van der Waals surface area contributed by atoms with E-state index in [2.05, 4.69) is 55.4 Å². The number of rotatable bonds is 8. The predicted molar refractivity (Wildman–Crippen MR) is 206 cm³/mol. The van der Waals surface area contributed by atoms with Gasteiger partial charge in [-0.2, -0.15) is 0 Å². The maximum Gasteiger partial charge on any atom is 0.255 e. The van der Waals surface area contributed by atoms with Crippen molar-refractivity contribution < 1.29 is 28.6 Å². The fourth-order valence-electron chi connectivity index (χ4n) is 8.98. The fraction of sp³-hybridized carbons (Fsp3) is 0.415. The third-order valence-electron chi connectivity index (χ3n) is 12.3. The average Bonchev–Trinajstić information content (AvgIpc) is 3.74. The van der Waals surface area contributed by atoms with E-state index in [-0.39, 0.29) is 29.9 Å². The number of piperidine rings is 1. The van der Waals surface area contributed by atoms with Gasteiger partial charge < -0.3 is 29.9 Å². The largest absolute Gasteiger partial charge is 0.504 e. The number of aromatic nitrogens is 3. The Labute approximate surface area is 323 Å². The molecule has 14 nitrogen and oxygen atoms in total. The van der Waals surface area contributed by atoms with Crippen LogP contribution in [-0.2, 0) is 22.7 Å². The number of nitrogens with zero attached hydrogens (tertiary/aromatic N) is 7. The van der Waals surface area contributed by atoms with E-state index >= 15 is 0 Å². The number of nitrogens with one attached hydrogen (secondary N) is 2. The molecule has 3 amide bonds. The molecular formula is C41H44FN9O5. The van der Waals surface area contributed by atoms with Crippen molar-refractivity contribution in [3.8, 4) is 22.9 Å². The second-order valence-corrected chi connectivity index (χ2v) is 15.5. The summed E-state index contributed by atoms with van der Waals surface area (Å²) in [5.74, 6) is -0.767. The summed E-state index contributed by atoms with van der Waals surface area (Å²) < 4.78 is 20.7. The predicted octanol–water partition coefficient (Wildman–Crippen LogP) is 4.01. The monoisotopic (exact) mass is 761 g/mol. The molecule has 1 unspecified atom stereocenters. The van der Waals surface area contributed by atoms with Gasteiger partial charge in [0.2, 0.25) is 17.7 Å². The van der Waals surface area contributed by atoms with Crippen LogP contribution in [0.3, 0.4) is 0 Å². The summed E-state index contributed by atoms with van der Waals surface area (Å²) >= 11 is 0. The number of ether oxygens (including phenoxy) is 1. The highest BCUT2D eigenvalue weighted by atomic mass is 19.1. The molecule has 9 rings (SSSR count). The van der Waals surface area contributed by atoms with Gasteiger partial charge in [-0.3, -0.25) is 24.6 Å². The number of carbonyl (C=O) groups is 3. The first-order valence-corrected chi connectivity index (χ1v) is 19.3. The van der Waals surface area contributed by atoms with Gasteiger partial charge in [-0.05, 0) is 66.8 Å². The standard InChI is InChI=1S/C41H44FN9O5/c1-3-41-18-28(22-51(41)34-17-32(46-47-38(34)44-23-41)29-5-4-6-31(42)37(29)53)56-36-15-24(2)26(19-43-36)20-48-11-13-49(14-12-48)27-8-7-25-21-50(40(55)30(25)16-27)33-9-10-35(52)45-39(33)54/h4-8,15-17,19,28,33,53H,3,9-14,18,20-23H2,1-2H3,(H,44,47)(H,45,52,54)/t28-,33?,41-/m1/s1. The van der Waals surface area contributed by atoms with Crippen molar-refractivity contribution in [1.29, 1.82) is 0 Å². The number of halogens is 1. The number of phenols is 1. The number of fused-ring (bicyclic) bond motifs is 4. The molecule has 3 fully saturated rings. The van der Waals surface area contributed by atoms with Crippen molar-refractivity contribution >= 4 is 34.9 Å². The zero-order chi connectivity index (χ0) is 38.7. The summed E-state index contributed by atoms with van der Waals surface area (Å²) in [6, 6.07) is 13.6. The number of pyridine rings is 1. The molecule has 3 saturated heterocycles. The number of carbonyl (C=O) groups excluding carboxylic acids is 3. The van der Waals surface area contributed by atoms with Crippen LogP contribution in [0.15, 0.2) is 54.7 Å². The van der Waals surface area contributed by atoms with Gasteiger partial charge in [-0.25, -0.2) is 9.37 Å². The molecule has 2 aromatic heterocycles. The second kappa shape index (κ2) is 14.0. The molecule has 3 atom stereocenters. The minimum atomic E-state index is -0.705. The first kappa shape index (κ1) is 35.8. The van der Waals surface area contributed by atoms with Crippen molar-refractivity contribution in [2.45, 2.75) is 70.3 Å². The Morgan fingerprint density at radius 2 is 1.88 bits per heavy atom. The first-order chi connectivity index (χ1) is 27.1. The molecule has 4 aromatic rings. The normalized spacial score (nSPS) is 23.4. The minimum Gasteiger partial charge on any atom is -0.504 e. The van der Waals surface area contributed by atoms with Crippen LogP contribution in [0.4, 0.5) is 21.6 Å². The van der Waals surface area contributed by atoms with E-state index in [0.29, 0.717) is 54.6 Å². The van der Waals surface area contributed by atoms with E-state index in [0.717, 1.165) is 73.6 Å². The highest BCUT2D eigenvalue weighted by Gasteiger charge is 2.49. The van der Waals surface area contributed by atoms with Gasteiger partial charge in [0.25, 0.3) is 5.91 Å². The number of anilines is 3. The highest BCUT2D eigenvalue weighted by molar-refractivity contribution is 6.05. The van der Waals surface area contributed by atoms with Crippen LogP contribution in [0.2, 0.25) is 0 Å². The van der Waals surface area contributed by atoms with Gasteiger partial charge in [-0.15, -0.1) is 10.2 Å². The summed E-state index contributed by atoms with van der Waals surface area (Å²) in [4.78, 5) is 50.8. The number of imide groups is 1. The van der Waals surface area contributed by atoms with E-state index in [1.165, 1.54) is 6.07 Å². The number of para-hydroxylation sites is 1. The zero-order valence-corrected chi connectivity index (χ0v) is 31.4. The van der Waals surface area contributed by atoms with Gasteiger partial charge in [0.05, 0.1) is 23.5 Å². The van der Waals surface area contributed by atoms with Gasteiger partial charge in [0, 0.05) is 87.7 Å². The fourth-order valence-corrected chi connectivity index (χ4v) is 8.98. The Hall–Kier alpha value is -5.83. The molecule has 0 spiro atoms. The number of aryl methyl sites for hydroxylation is 1. The van der Waals surface area contributed by atoms with Crippen molar-refractivity contribution in [1.82, 2.24) is 30.3 Å². The quantitative estimate of drug-likeness (QED) is 0.222. The summed E-state index contributed by atoms with van der Waals surface area (Å²) in [5.41, 5.74) is 6.09. The van der Waals surface area contributed by atoms with Gasteiger partial charge in [0.1, 0.15) is 12.1 Å². The molecule has 5 aliphatic heterocycles. The molecule has 5 aliphatic rings. The maximum absolute atomic E-state index is 14.2. The third-order valence-corrected chi connectivity index (χ3v) is 12.3. The van der Waals surface area contributed by atoms with E-state index in [1.54, 1.807) is 17.0 Å². The molecule has 15 heteroatoms. The Kier molecular flexibility index (Phi) is 8.98. The zero-order valence-electron chi connectivity index (χ0n) is 31.4. The number of phenolic OH excluding ortho intramolecular Hbond substituents is 1. The van der Waals surface area contributed by atoms with Crippen molar-refractivity contribution in [2.75, 3.05) is 54.4 Å². The first-order valence-electron chi connectivity index (χ1n) is 19.3. The molecule has 56 heavy (non-hydrogen) atoms. The molecular weight excluding hydrogens is 718 g/mol. The molecule has 290 valence electrons. The van der Waals surface area contributed by atoms with Crippen LogP contribution in [0.25, 0.3) is 11.3 Å². The van der Waals surface area contributed by atoms with Crippen LogP contribution in [-0.4, -0.2) is 105 Å². The average molecular weight is 762 g/mol. The number of hydrogen-bond acceptors (Lipinski definition) is 12. The summed E-state index contributed by atoms with van der Waals surface area (Å²) in [5, 5.41) is 24.9. The lowest BCUT2D eigenvalue weighted by Crippen LogP contribution is -2.52. The molecule has 0 saturated carbocycles. The summed E-state index contributed by atoms with van der Waals surface area (Å²) in [6.45, 7) is 10.0. The number of aromatic hydroxyl groups is 1. The second-order valence-electron chi connectivity index (χ2n) is 15.5. The van der Waals surface area contributed by atoms with E-state index in [9.17, 15) is 23.9 Å². The Morgan fingerprint density at radius 1 is 1.04 bits per heavy atom. The van der Waals surface area contributed by atoms with Crippen LogP contribution >= 0.6 is 0 Å². The SMILES string of the molecule is CC[C@@]12CNc3nnc(-c4cccc(F)c4O)cc3N1C[C@H](Oc1cc(C)c(CN3CCN(c4ccc5c(c4)C(=O)N(C4CCC(=O)NC4=O)C5)CC3)cn1)C2. The van der Waals surface area contributed by atoms with Crippen LogP contribution in [0.1, 0.15) is 59.7 Å². The lowest BCUT2D eigenvalue weighted by Gasteiger charge is -2.43. The Bertz CT molecular complexity index is 2250. The molecule has 7 heterocycles. The van der Waals surface area contributed by atoms with Crippen molar-refractivity contribution in [3.05, 3.63) is 82.8 Å². The molecule has 0 aliphatic carbocycles. The summed E-state index contributed by atoms with van der Waals surface area (Å²) in [6.07, 6.45) is 4.03. The van der Waals surface area contributed by atoms with Crippen molar-refractivity contribution in [2.24, 2.45) is 0 Å². The molecule has 0 bridgehead atoms. The van der Waals surface area contributed by atoms with Gasteiger partial charge in [0.15, 0.2) is 17.4 Å². The summed E-state index contributed by atoms with van der Waals surface area (Å²) in [7, 11) is 0. The van der Waals surface area contributed by atoms with E-state index in [4.69, 9.17) is 9.72 Å². The van der Waals surface area contributed by atoms with Crippen LogP contribution < -0.4 is 25.2 Å². The molecule has 0 radical (unpaired) electrons. The van der Waals surface area contributed by atoms with Crippen molar-refractivity contribution in [3.63, 3.8) is 0 Å². The highest BCUT2D eigenvalue weighted by Crippen LogP contribution is 2.45. The number of benzene rings is 2. The van der Waals surface area contributed by atoms with Gasteiger partial charge in [-0.1, -0.05) is 19.1 Å². The van der Waals surface area contributed by atoms with Crippen LogP contribution in [0.5, 0.6) is 11.6 Å². The lowest BCUT2D eigenvalue weighted by atomic mass is 9.90. The smallest absolute Gasteiger partial charge is 0.255 e. The molecule has 2 aromatic carbocycles. The maximum atomic E-state index is 14.2. The third kappa shape index (κ3) is 6.33. The van der Waals surface area contributed by atoms with Gasteiger partial charge >= 0.3 is 0 Å². The number of piperazine rings is 1. The Balaban J connectivity index is 0.818. The lowest BCUT2D eigenvalue weighted by molar-refractivity contribution is -0.136. The molecule has 3 N–H and O–H groups in total. The number of hydrogen-bond donors (Lipinski definition) is 3. The Morgan fingerprint density at radius 3 is 2.66 bits per heavy atom. The van der Waals surface area contributed by atoms with E-state index in [1.807, 2.05) is 30.5 Å². The minimum absolute atomic E-state index is 0.122. The number of amides is 3.